The fourth-order valence-electron chi connectivity index (χ4n) is 3.03. The van der Waals surface area contributed by atoms with E-state index < -0.39 is 17.3 Å². The summed E-state index contributed by atoms with van der Waals surface area (Å²) in [4.78, 5) is 11.5. The summed E-state index contributed by atoms with van der Waals surface area (Å²) in [6.45, 7) is 2.80. The summed E-state index contributed by atoms with van der Waals surface area (Å²) in [5.74, 6) is -1.21. The molecule has 0 radical (unpaired) electrons. The molecule has 0 spiro atoms. The highest BCUT2D eigenvalue weighted by Gasteiger charge is 2.51. The molecule has 0 saturated carbocycles. The third kappa shape index (κ3) is 1.67. The van der Waals surface area contributed by atoms with E-state index in [9.17, 15) is 9.90 Å². The maximum atomic E-state index is 11.5. The van der Waals surface area contributed by atoms with Crippen LogP contribution in [0.3, 0.4) is 0 Å². The Morgan fingerprint density at radius 2 is 2.16 bits per heavy atom. The van der Waals surface area contributed by atoms with Crippen molar-refractivity contribution < 1.29 is 19.1 Å². The molecule has 1 fully saturated rings. The zero-order valence-electron chi connectivity index (χ0n) is 10.8. The van der Waals surface area contributed by atoms with Gasteiger partial charge in [-0.1, -0.05) is 25.1 Å². The van der Waals surface area contributed by atoms with Gasteiger partial charge in [-0.15, -0.1) is 0 Å². The van der Waals surface area contributed by atoms with Crippen LogP contribution in [-0.4, -0.2) is 24.3 Å². The number of ether oxygens (including phenoxy) is 1. The van der Waals surface area contributed by atoms with Crippen molar-refractivity contribution in [3.63, 3.8) is 0 Å². The molecule has 1 aromatic heterocycles. The van der Waals surface area contributed by atoms with Crippen molar-refractivity contribution in [3.8, 4) is 0 Å². The van der Waals surface area contributed by atoms with Crippen molar-refractivity contribution in [1.29, 1.82) is 0 Å². The van der Waals surface area contributed by atoms with Crippen LogP contribution in [0.25, 0.3) is 11.0 Å². The Bertz CT molecular complexity index is 609. The van der Waals surface area contributed by atoms with E-state index in [4.69, 9.17) is 9.15 Å². The monoisotopic (exact) mass is 260 g/mol. The van der Waals surface area contributed by atoms with E-state index in [-0.39, 0.29) is 0 Å². The molecule has 1 aliphatic heterocycles. The van der Waals surface area contributed by atoms with E-state index in [0.717, 1.165) is 16.5 Å². The summed E-state index contributed by atoms with van der Waals surface area (Å²) in [6.07, 6.45) is 2.27. The summed E-state index contributed by atoms with van der Waals surface area (Å²) < 4.78 is 10.9. The van der Waals surface area contributed by atoms with Crippen LogP contribution in [-0.2, 0) is 14.9 Å². The second kappa shape index (κ2) is 4.38. The molecule has 3 rings (SSSR count). The molecule has 0 amide bonds. The van der Waals surface area contributed by atoms with E-state index in [1.54, 1.807) is 6.26 Å². The topological polar surface area (TPSA) is 59.7 Å². The van der Waals surface area contributed by atoms with E-state index in [2.05, 4.69) is 0 Å². The number of hydrogen-bond acceptors (Lipinski definition) is 3. The molecular formula is C15H16O4. The van der Waals surface area contributed by atoms with Gasteiger partial charge >= 0.3 is 5.97 Å². The van der Waals surface area contributed by atoms with Gasteiger partial charge in [0.15, 0.2) is 0 Å². The summed E-state index contributed by atoms with van der Waals surface area (Å²) >= 11 is 0. The second-order valence-corrected chi connectivity index (χ2v) is 5.09. The summed E-state index contributed by atoms with van der Waals surface area (Å²) in [6, 6.07) is 7.72. The minimum Gasteiger partial charge on any atom is -0.481 e. The number of hydrogen-bond donors (Lipinski definition) is 1. The Hall–Kier alpha value is -1.81. The van der Waals surface area contributed by atoms with Crippen molar-refractivity contribution in [3.05, 3.63) is 36.1 Å². The lowest BCUT2D eigenvalue weighted by molar-refractivity contribution is -0.157. The third-order valence-corrected chi connectivity index (χ3v) is 4.11. The van der Waals surface area contributed by atoms with Gasteiger partial charge < -0.3 is 14.3 Å². The highest BCUT2D eigenvalue weighted by atomic mass is 16.5. The molecule has 4 nitrogen and oxygen atoms in total. The molecule has 0 aliphatic carbocycles. The van der Waals surface area contributed by atoms with Crippen molar-refractivity contribution in [2.45, 2.75) is 18.8 Å². The van der Waals surface area contributed by atoms with Crippen LogP contribution in [0.4, 0.5) is 0 Å². The van der Waals surface area contributed by atoms with E-state index in [1.165, 1.54) is 0 Å². The fourth-order valence-corrected chi connectivity index (χ4v) is 3.03. The van der Waals surface area contributed by atoms with Crippen LogP contribution in [0.1, 0.15) is 18.9 Å². The number of carbonyl (C=O) groups is 1. The number of para-hydroxylation sites is 1. The first-order chi connectivity index (χ1) is 9.19. The quantitative estimate of drug-likeness (QED) is 0.918. The average Bonchev–Trinajstić information content (AvgIpc) is 2.77. The number of furan rings is 1. The number of benzene rings is 1. The zero-order chi connectivity index (χ0) is 13.5. The predicted octanol–water partition coefficient (Wildman–Crippen LogP) is 2.81. The third-order valence-electron chi connectivity index (χ3n) is 4.11. The molecule has 1 aliphatic rings. The van der Waals surface area contributed by atoms with Crippen LogP contribution in [0, 0.1) is 5.92 Å². The van der Waals surface area contributed by atoms with Gasteiger partial charge in [0, 0.05) is 10.9 Å². The van der Waals surface area contributed by atoms with Crippen molar-refractivity contribution in [1.82, 2.24) is 0 Å². The molecule has 100 valence electrons. The van der Waals surface area contributed by atoms with Gasteiger partial charge in [0.1, 0.15) is 5.58 Å². The van der Waals surface area contributed by atoms with Gasteiger partial charge in [-0.25, -0.2) is 0 Å². The Labute approximate surface area is 111 Å². The number of fused-ring (bicyclic) bond motifs is 1. The van der Waals surface area contributed by atoms with Gasteiger partial charge in [-0.3, -0.25) is 4.79 Å². The van der Waals surface area contributed by atoms with Gasteiger partial charge in [0.2, 0.25) is 0 Å². The SMILES string of the molecule is CCC(C(=O)O)C1(c2coc3ccccc23)COC1. The zero-order valence-corrected chi connectivity index (χ0v) is 10.8. The molecule has 1 aromatic carbocycles. The van der Waals surface area contributed by atoms with Crippen molar-refractivity contribution in [2.75, 3.05) is 13.2 Å². The minimum atomic E-state index is -0.768. The number of aliphatic carboxylic acids is 1. The number of carboxylic acid groups (broad SMARTS) is 1. The summed E-state index contributed by atoms with van der Waals surface area (Å²) in [5.41, 5.74) is 1.31. The smallest absolute Gasteiger partial charge is 0.307 e. The summed E-state index contributed by atoms with van der Waals surface area (Å²) in [5, 5.41) is 10.4. The molecular weight excluding hydrogens is 244 g/mol. The largest absolute Gasteiger partial charge is 0.481 e. The molecule has 1 N–H and O–H groups in total. The molecule has 1 unspecified atom stereocenters. The molecule has 19 heavy (non-hydrogen) atoms. The minimum absolute atomic E-state index is 0.442. The van der Waals surface area contributed by atoms with E-state index >= 15 is 0 Å². The second-order valence-electron chi connectivity index (χ2n) is 5.09. The highest BCUT2D eigenvalue weighted by Crippen LogP contribution is 2.44. The van der Waals surface area contributed by atoms with Crippen LogP contribution < -0.4 is 0 Å². The molecule has 2 aromatic rings. The Morgan fingerprint density at radius 3 is 2.74 bits per heavy atom. The standard InChI is InChI=1S/C15H16O4/c1-2-11(14(16)17)15(8-18-9-15)12-7-19-13-6-4-3-5-10(12)13/h3-7,11H,2,8-9H2,1H3,(H,16,17). The molecule has 1 saturated heterocycles. The fraction of sp³-hybridized carbons (Fsp3) is 0.400. The van der Waals surface area contributed by atoms with E-state index in [0.29, 0.717) is 19.6 Å². The Morgan fingerprint density at radius 1 is 1.42 bits per heavy atom. The predicted molar refractivity (Wildman–Crippen MR) is 70.1 cm³/mol. The lowest BCUT2D eigenvalue weighted by atomic mass is 9.67. The highest BCUT2D eigenvalue weighted by molar-refractivity contribution is 5.84. The summed E-state index contributed by atoms with van der Waals surface area (Å²) in [7, 11) is 0. The van der Waals surface area contributed by atoms with Gasteiger partial charge in [-0.05, 0) is 12.5 Å². The number of carboxylic acids is 1. The normalized spacial score (nSPS) is 19.0. The maximum absolute atomic E-state index is 11.5. The lowest BCUT2D eigenvalue weighted by Gasteiger charge is -2.45. The Kier molecular flexibility index (Phi) is 2.82. The van der Waals surface area contributed by atoms with Crippen molar-refractivity contribution in [2.24, 2.45) is 5.92 Å². The first kappa shape index (κ1) is 12.2. The first-order valence-electron chi connectivity index (χ1n) is 6.46. The van der Waals surface area contributed by atoms with Gasteiger partial charge in [-0.2, -0.15) is 0 Å². The molecule has 1 atom stereocenters. The van der Waals surface area contributed by atoms with Crippen LogP contribution in [0.2, 0.25) is 0 Å². The Balaban J connectivity index is 2.14. The maximum Gasteiger partial charge on any atom is 0.307 e. The lowest BCUT2D eigenvalue weighted by Crippen LogP contribution is -2.54. The van der Waals surface area contributed by atoms with Crippen LogP contribution in [0.5, 0.6) is 0 Å². The molecule has 0 bridgehead atoms. The number of rotatable bonds is 4. The van der Waals surface area contributed by atoms with Crippen LogP contribution in [0.15, 0.2) is 34.9 Å². The molecule has 2 heterocycles. The average molecular weight is 260 g/mol. The van der Waals surface area contributed by atoms with Crippen molar-refractivity contribution >= 4 is 16.9 Å². The van der Waals surface area contributed by atoms with E-state index in [1.807, 2.05) is 31.2 Å². The molecule has 4 heteroatoms. The van der Waals surface area contributed by atoms with Gasteiger partial charge in [0.25, 0.3) is 0 Å². The first-order valence-corrected chi connectivity index (χ1v) is 6.46. The van der Waals surface area contributed by atoms with Gasteiger partial charge in [0.05, 0.1) is 30.8 Å². The van der Waals surface area contributed by atoms with Crippen LogP contribution >= 0.6 is 0 Å².